The molecule has 1 heterocycles. The summed E-state index contributed by atoms with van der Waals surface area (Å²) in [4.78, 5) is 0. The topological polar surface area (TPSA) is 12.0 Å². The molecule has 1 aliphatic heterocycles. The first-order chi connectivity index (χ1) is 5.73. The Balaban J connectivity index is 2.50. The second-order valence-corrected chi connectivity index (χ2v) is 5.52. The van der Waals surface area contributed by atoms with Crippen LogP contribution in [0.5, 0.6) is 0 Å². The summed E-state index contributed by atoms with van der Waals surface area (Å²) in [7, 11) is 2.10. The lowest BCUT2D eigenvalue weighted by Crippen LogP contribution is -2.43. The highest BCUT2D eigenvalue weighted by molar-refractivity contribution is 8.00. The lowest BCUT2D eigenvalue weighted by Gasteiger charge is -2.33. The summed E-state index contributed by atoms with van der Waals surface area (Å²) in [6, 6.07) is 0.718. The van der Waals surface area contributed by atoms with E-state index in [0.717, 1.165) is 6.04 Å². The molecule has 0 aromatic heterocycles. The average Bonchev–Trinajstić information content (AvgIpc) is 2.49. The molecule has 1 aliphatic rings. The van der Waals surface area contributed by atoms with Gasteiger partial charge < -0.3 is 5.32 Å². The molecule has 0 aliphatic carbocycles. The maximum atomic E-state index is 3.46. The van der Waals surface area contributed by atoms with Gasteiger partial charge in [-0.1, -0.05) is 13.3 Å². The van der Waals surface area contributed by atoms with Crippen molar-refractivity contribution in [3.05, 3.63) is 0 Å². The summed E-state index contributed by atoms with van der Waals surface area (Å²) in [5, 5.41) is 3.46. The minimum Gasteiger partial charge on any atom is -0.316 e. The highest BCUT2D eigenvalue weighted by Gasteiger charge is 2.36. The monoisotopic (exact) mass is 187 g/mol. The van der Waals surface area contributed by atoms with E-state index in [4.69, 9.17) is 0 Å². The molecule has 0 radical (unpaired) electrons. The normalized spacial score (nSPS) is 32.2. The number of hydrogen-bond acceptors (Lipinski definition) is 2. The van der Waals surface area contributed by atoms with Gasteiger partial charge in [0, 0.05) is 10.8 Å². The first-order valence-corrected chi connectivity index (χ1v) is 6.02. The van der Waals surface area contributed by atoms with Crippen LogP contribution in [0.2, 0.25) is 0 Å². The van der Waals surface area contributed by atoms with Gasteiger partial charge in [-0.3, -0.25) is 0 Å². The molecular formula is C10H21NS. The van der Waals surface area contributed by atoms with Crippen molar-refractivity contribution in [2.45, 2.75) is 50.3 Å². The summed E-state index contributed by atoms with van der Waals surface area (Å²) >= 11 is 2.15. The van der Waals surface area contributed by atoms with E-state index < -0.39 is 0 Å². The van der Waals surface area contributed by atoms with E-state index in [1.165, 1.54) is 31.4 Å². The third-order valence-electron chi connectivity index (χ3n) is 2.91. The minimum absolute atomic E-state index is 0.519. The molecule has 1 rings (SSSR count). The summed E-state index contributed by atoms with van der Waals surface area (Å²) in [6.07, 6.45) is 5.41. The average molecular weight is 187 g/mol. The van der Waals surface area contributed by atoms with Crippen LogP contribution in [0.25, 0.3) is 0 Å². The summed E-state index contributed by atoms with van der Waals surface area (Å²) < 4.78 is 0.519. The molecule has 0 spiro atoms. The van der Waals surface area contributed by atoms with E-state index in [0.29, 0.717) is 4.75 Å². The zero-order valence-electron chi connectivity index (χ0n) is 8.52. The lowest BCUT2D eigenvalue weighted by molar-refractivity contribution is 0.401. The zero-order valence-corrected chi connectivity index (χ0v) is 9.34. The largest absolute Gasteiger partial charge is 0.316 e. The fourth-order valence-corrected chi connectivity index (χ4v) is 3.60. The molecule has 1 fully saturated rings. The first kappa shape index (κ1) is 10.4. The van der Waals surface area contributed by atoms with Gasteiger partial charge in [-0.15, -0.1) is 0 Å². The van der Waals surface area contributed by atoms with Crippen molar-refractivity contribution in [1.29, 1.82) is 0 Å². The molecule has 2 unspecified atom stereocenters. The van der Waals surface area contributed by atoms with Crippen LogP contribution in [-0.4, -0.2) is 23.6 Å². The van der Waals surface area contributed by atoms with Crippen molar-refractivity contribution in [2.75, 3.05) is 12.8 Å². The van der Waals surface area contributed by atoms with Crippen LogP contribution in [0.1, 0.15) is 39.5 Å². The van der Waals surface area contributed by atoms with Crippen LogP contribution in [-0.2, 0) is 0 Å². The van der Waals surface area contributed by atoms with Gasteiger partial charge in [0.25, 0.3) is 0 Å². The van der Waals surface area contributed by atoms with Crippen LogP contribution >= 0.6 is 11.8 Å². The van der Waals surface area contributed by atoms with Crippen molar-refractivity contribution in [3.63, 3.8) is 0 Å². The Labute approximate surface area is 80.7 Å². The smallest absolute Gasteiger partial charge is 0.0285 e. The summed E-state index contributed by atoms with van der Waals surface area (Å²) in [6.45, 7) is 4.69. The van der Waals surface area contributed by atoms with Gasteiger partial charge in [0.15, 0.2) is 0 Å². The quantitative estimate of drug-likeness (QED) is 0.726. The fourth-order valence-electron chi connectivity index (χ4n) is 2.12. The Kier molecular flexibility index (Phi) is 3.91. The molecule has 0 saturated carbocycles. The van der Waals surface area contributed by atoms with Gasteiger partial charge in [0.05, 0.1) is 0 Å². The van der Waals surface area contributed by atoms with Crippen LogP contribution in [0.3, 0.4) is 0 Å². The molecule has 2 atom stereocenters. The second kappa shape index (κ2) is 4.52. The lowest BCUT2D eigenvalue weighted by atomic mass is 9.93. The highest BCUT2D eigenvalue weighted by atomic mass is 32.2. The number of thioether (sulfide) groups is 1. The maximum Gasteiger partial charge on any atom is 0.0285 e. The molecule has 1 N–H and O–H groups in total. The Morgan fingerprint density at radius 1 is 1.58 bits per heavy atom. The standard InChI is InChI=1S/C10H21NS/c1-4-6-9(11-3)10(2)7-5-8-12-10/h9,11H,4-8H2,1-3H3. The molecule has 12 heavy (non-hydrogen) atoms. The van der Waals surface area contributed by atoms with Gasteiger partial charge in [-0.2, -0.15) is 11.8 Å². The first-order valence-electron chi connectivity index (χ1n) is 5.04. The maximum absolute atomic E-state index is 3.46. The Bertz CT molecular complexity index is 130. The molecule has 0 aromatic rings. The summed E-state index contributed by atoms with van der Waals surface area (Å²) in [5.41, 5.74) is 0. The van der Waals surface area contributed by atoms with Crippen LogP contribution < -0.4 is 5.32 Å². The number of rotatable bonds is 4. The predicted octanol–water partition coefficient (Wildman–Crippen LogP) is 2.66. The molecule has 1 nitrogen and oxygen atoms in total. The SMILES string of the molecule is CCCC(NC)C1(C)CCCS1. The van der Waals surface area contributed by atoms with Gasteiger partial charge in [-0.25, -0.2) is 0 Å². The summed E-state index contributed by atoms with van der Waals surface area (Å²) in [5.74, 6) is 1.36. The van der Waals surface area contributed by atoms with Gasteiger partial charge in [0.2, 0.25) is 0 Å². The minimum atomic E-state index is 0.519. The van der Waals surface area contributed by atoms with Crippen molar-refractivity contribution in [1.82, 2.24) is 5.32 Å². The van der Waals surface area contributed by atoms with Gasteiger partial charge in [0.1, 0.15) is 0 Å². The third-order valence-corrected chi connectivity index (χ3v) is 4.55. The molecule has 2 heteroatoms. The van der Waals surface area contributed by atoms with E-state index in [1.807, 2.05) is 0 Å². The molecule has 72 valence electrons. The third kappa shape index (κ3) is 2.17. The van der Waals surface area contributed by atoms with Gasteiger partial charge in [-0.05, 0) is 39.0 Å². The Morgan fingerprint density at radius 2 is 2.33 bits per heavy atom. The van der Waals surface area contributed by atoms with Crippen molar-refractivity contribution in [2.24, 2.45) is 0 Å². The van der Waals surface area contributed by atoms with E-state index in [-0.39, 0.29) is 0 Å². The van der Waals surface area contributed by atoms with E-state index in [9.17, 15) is 0 Å². The molecular weight excluding hydrogens is 166 g/mol. The van der Waals surface area contributed by atoms with E-state index in [2.05, 4.69) is 38.0 Å². The fraction of sp³-hybridized carbons (Fsp3) is 1.00. The second-order valence-electron chi connectivity index (χ2n) is 3.89. The molecule has 0 bridgehead atoms. The highest BCUT2D eigenvalue weighted by Crippen LogP contribution is 2.41. The Hall–Kier alpha value is 0.310. The van der Waals surface area contributed by atoms with Crippen molar-refractivity contribution >= 4 is 11.8 Å². The van der Waals surface area contributed by atoms with Crippen molar-refractivity contribution in [3.8, 4) is 0 Å². The molecule has 1 saturated heterocycles. The number of nitrogens with one attached hydrogen (secondary N) is 1. The zero-order chi connectivity index (χ0) is 9.03. The van der Waals surface area contributed by atoms with E-state index in [1.54, 1.807) is 0 Å². The predicted molar refractivity (Wildman–Crippen MR) is 57.9 cm³/mol. The van der Waals surface area contributed by atoms with Crippen LogP contribution in [0.15, 0.2) is 0 Å². The molecule has 0 amide bonds. The van der Waals surface area contributed by atoms with Crippen LogP contribution in [0.4, 0.5) is 0 Å². The number of hydrogen-bond donors (Lipinski definition) is 1. The van der Waals surface area contributed by atoms with Gasteiger partial charge >= 0.3 is 0 Å². The van der Waals surface area contributed by atoms with E-state index >= 15 is 0 Å². The van der Waals surface area contributed by atoms with Crippen molar-refractivity contribution < 1.29 is 0 Å². The Morgan fingerprint density at radius 3 is 2.75 bits per heavy atom. The van der Waals surface area contributed by atoms with Crippen LogP contribution in [0, 0.1) is 0 Å². The molecule has 0 aromatic carbocycles.